The van der Waals surface area contributed by atoms with Gasteiger partial charge >= 0.3 is 0 Å². The van der Waals surface area contributed by atoms with Crippen LogP contribution >= 0.6 is 27.7 Å². The molecule has 1 nitrogen and oxygen atoms in total. The quantitative estimate of drug-likeness (QED) is 0.796. The van der Waals surface area contributed by atoms with E-state index >= 15 is 0 Å². The van der Waals surface area contributed by atoms with Gasteiger partial charge in [-0.3, -0.25) is 0 Å². The van der Waals surface area contributed by atoms with Crippen molar-refractivity contribution in [2.45, 2.75) is 31.2 Å². The zero-order valence-electron chi connectivity index (χ0n) is 10.3. The average molecular weight is 314 g/mol. The van der Waals surface area contributed by atoms with Crippen LogP contribution in [0, 0.1) is 0 Å². The number of nitrogens with one attached hydrogen (secondary N) is 1. The Morgan fingerprint density at radius 3 is 2.82 bits per heavy atom. The van der Waals surface area contributed by atoms with Crippen molar-refractivity contribution in [1.82, 2.24) is 5.32 Å². The predicted molar refractivity (Wildman–Crippen MR) is 80.9 cm³/mol. The van der Waals surface area contributed by atoms with Gasteiger partial charge in [0.15, 0.2) is 0 Å². The third-order valence-electron chi connectivity index (χ3n) is 3.44. The molecule has 0 saturated heterocycles. The Bertz CT molecular complexity index is 350. The fourth-order valence-electron chi connectivity index (χ4n) is 2.37. The summed E-state index contributed by atoms with van der Waals surface area (Å²) in [6.07, 6.45) is 6.05. The van der Waals surface area contributed by atoms with E-state index in [1.807, 2.05) is 11.8 Å². The molecular weight excluding hydrogens is 294 g/mol. The average Bonchev–Trinajstić information content (AvgIpc) is 2.28. The summed E-state index contributed by atoms with van der Waals surface area (Å²) < 4.78 is 1.27. The normalized spacial score (nSPS) is 23.4. The van der Waals surface area contributed by atoms with Gasteiger partial charge in [-0.1, -0.05) is 34.1 Å². The van der Waals surface area contributed by atoms with Gasteiger partial charge in [0.05, 0.1) is 0 Å². The second-order valence-corrected chi connectivity index (χ2v) is 6.53. The number of halogens is 1. The van der Waals surface area contributed by atoms with Gasteiger partial charge in [0.25, 0.3) is 0 Å². The molecule has 0 aliphatic heterocycles. The topological polar surface area (TPSA) is 12.0 Å². The van der Waals surface area contributed by atoms with Crippen LogP contribution in [0.3, 0.4) is 0 Å². The van der Waals surface area contributed by atoms with Crippen molar-refractivity contribution < 1.29 is 0 Å². The van der Waals surface area contributed by atoms with E-state index in [1.54, 1.807) is 0 Å². The second-order valence-electron chi connectivity index (χ2n) is 4.69. The molecule has 0 bridgehead atoms. The highest BCUT2D eigenvalue weighted by Crippen LogP contribution is 2.39. The van der Waals surface area contributed by atoms with E-state index in [4.69, 9.17) is 0 Å². The van der Waals surface area contributed by atoms with Gasteiger partial charge in [0.1, 0.15) is 0 Å². The summed E-state index contributed by atoms with van der Waals surface area (Å²) in [6, 6.07) is 9.37. The van der Waals surface area contributed by atoms with Crippen molar-refractivity contribution in [3.63, 3.8) is 0 Å². The molecule has 0 aromatic heterocycles. The number of thioether (sulfide) groups is 1. The van der Waals surface area contributed by atoms with Crippen LogP contribution in [-0.2, 0) is 0 Å². The van der Waals surface area contributed by atoms with Crippen LogP contribution in [0.1, 0.15) is 30.7 Å². The monoisotopic (exact) mass is 313 g/mol. The fraction of sp³-hybridized carbons (Fsp3) is 0.571. The Labute approximate surface area is 117 Å². The van der Waals surface area contributed by atoms with Gasteiger partial charge < -0.3 is 5.32 Å². The summed E-state index contributed by atoms with van der Waals surface area (Å²) in [5.74, 6) is 2.02. The maximum absolute atomic E-state index is 3.64. The predicted octanol–water partition coefficient (Wildman–Crippen LogP) is 4.04. The van der Waals surface area contributed by atoms with Crippen molar-refractivity contribution in [3.05, 3.63) is 34.3 Å². The standard InChI is InChI=1S/C14H20BrNS/c1-17-8-4-7-16-12-9-11(10-12)13-5-2-3-6-14(13)15/h2-3,5-6,11-12,16H,4,7-10H2,1H3. The Morgan fingerprint density at radius 1 is 1.35 bits per heavy atom. The van der Waals surface area contributed by atoms with Crippen LogP contribution in [-0.4, -0.2) is 24.6 Å². The molecule has 1 fully saturated rings. The van der Waals surface area contributed by atoms with Crippen LogP contribution in [0.25, 0.3) is 0 Å². The maximum Gasteiger partial charge on any atom is 0.0210 e. The zero-order valence-corrected chi connectivity index (χ0v) is 12.7. The number of benzene rings is 1. The minimum atomic E-state index is 0.744. The molecule has 94 valence electrons. The van der Waals surface area contributed by atoms with Crippen molar-refractivity contribution >= 4 is 27.7 Å². The minimum absolute atomic E-state index is 0.744. The fourth-order valence-corrected chi connectivity index (χ4v) is 3.41. The minimum Gasteiger partial charge on any atom is -0.314 e. The lowest BCUT2D eigenvalue weighted by molar-refractivity contribution is 0.291. The van der Waals surface area contributed by atoms with Crippen molar-refractivity contribution in [2.75, 3.05) is 18.6 Å². The molecule has 17 heavy (non-hydrogen) atoms. The lowest BCUT2D eigenvalue weighted by Gasteiger charge is -2.37. The highest BCUT2D eigenvalue weighted by atomic mass is 79.9. The summed E-state index contributed by atoms with van der Waals surface area (Å²) >= 11 is 5.57. The molecule has 0 amide bonds. The smallest absolute Gasteiger partial charge is 0.0210 e. The van der Waals surface area contributed by atoms with E-state index < -0.39 is 0 Å². The summed E-state index contributed by atoms with van der Waals surface area (Å²) in [7, 11) is 0. The van der Waals surface area contributed by atoms with E-state index in [0.717, 1.165) is 12.0 Å². The van der Waals surface area contributed by atoms with Crippen LogP contribution < -0.4 is 5.32 Å². The number of hydrogen-bond donors (Lipinski definition) is 1. The molecule has 1 N–H and O–H groups in total. The van der Waals surface area contributed by atoms with Gasteiger partial charge in [-0.25, -0.2) is 0 Å². The molecule has 1 aromatic rings. The summed E-state index contributed by atoms with van der Waals surface area (Å²) in [6.45, 7) is 1.17. The lowest BCUT2D eigenvalue weighted by Crippen LogP contribution is -2.40. The molecule has 0 heterocycles. The zero-order chi connectivity index (χ0) is 12.1. The molecule has 0 atom stereocenters. The summed E-state index contributed by atoms with van der Waals surface area (Å²) in [5, 5.41) is 3.64. The molecule has 1 aromatic carbocycles. The van der Waals surface area contributed by atoms with Gasteiger partial charge in [0, 0.05) is 10.5 Å². The molecule has 1 saturated carbocycles. The number of hydrogen-bond acceptors (Lipinski definition) is 2. The highest BCUT2D eigenvalue weighted by Gasteiger charge is 2.30. The SMILES string of the molecule is CSCCCNC1CC(c2ccccc2Br)C1. The third-order valence-corrected chi connectivity index (χ3v) is 4.86. The molecular formula is C14H20BrNS. The van der Waals surface area contributed by atoms with Gasteiger partial charge in [0.2, 0.25) is 0 Å². The Balaban J connectivity index is 1.70. The van der Waals surface area contributed by atoms with E-state index in [1.165, 1.54) is 41.6 Å². The van der Waals surface area contributed by atoms with Gasteiger partial charge in [-0.15, -0.1) is 0 Å². The van der Waals surface area contributed by atoms with E-state index in [2.05, 4.69) is 51.8 Å². The van der Waals surface area contributed by atoms with Gasteiger partial charge in [-0.05, 0) is 55.4 Å². The molecule has 1 aliphatic rings. The van der Waals surface area contributed by atoms with Crippen LogP contribution in [0.4, 0.5) is 0 Å². The largest absolute Gasteiger partial charge is 0.314 e. The van der Waals surface area contributed by atoms with E-state index in [9.17, 15) is 0 Å². The molecule has 2 rings (SSSR count). The first-order valence-corrected chi connectivity index (χ1v) is 8.46. The van der Waals surface area contributed by atoms with Crippen LogP contribution in [0.2, 0.25) is 0 Å². The molecule has 1 aliphatic carbocycles. The maximum atomic E-state index is 3.64. The lowest BCUT2D eigenvalue weighted by atomic mass is 9.76. The third kappa shape index (κ3) is 3.73. The molecule has 0 unspecified atom stereocenters. The molecule has 0 spiro atoms. The second kappa shape index (κ2) is 6.81. The number of rotatable bonds is 6. The first-order chi connectivity index (χ1) is 8.31. The van der Waals surface area contributed by atoms with Gasteiger partial charge in [-0.2, -0.15) is 11.8 Å². The van der Waals surface area contributed by atoms with E-state index in [0.29, 0.717) is 0 Å². The highest BCUT2D eigenvalue weighted by molar-refractivity contribution is 9.10. The Hall–Kier alpha value is 0.01000. The summed E-state index contributed by atoms with van der Waals surface area (Å²) in [5.41, 5.74) is 1.48. The first-order valence-electron chi connectivity index (χ1n) is 6.28. The van der Waals surface area contributed by atoms with Crippen molar-refractivity contribution in [2.24, 2.45) is 0 Å². The molecule has 3 heteroatoms. The summed E-state index contributed by atoms with van der Waals surface area (Å²) in [4.78, 5) is 0. The van der Waals surface area contributed by atoms with Crippen LogP contribution in [0.15, 0.2) is 28.7 Å². The first kappa shape index (κ1) is 13.4. The Morgan fingerprint density at radius 2 is 2.12 bits per heavy atom. The van der Waals surface area contributed by atoms with Crippen LogP contribution in [0.5, 0.6) is 0 Å². The molecule has 0 radical (unpaired) electrons. The van der Waals surface area contributed by atoms with E-state index in [-0.39, 0.29) is 0 Å². The van der Waals surface area contributed by atoms with Crippen molar-refractivity contribution in [1.29, 1.82) is 0 Å². The van der Waals surface area contributed by atoms with Crippen molar-refractivity contribution in [3.8, 4) is 0 Å². The Kier molecular flexibility index (Phi) is 5.39.